The minimum Gasteiger partial charge on any atom is -0.354 e. The van der Waals surface area contributed by atoms with E-state index in [2.05, 4.69) is 5.32 Å². The number of hydrogen-bond acceptors (Lipinski definition) is 4. The standard InChI is InChI=1S/C24H23F3N2O3S2/c25-19-6-10-21(11-7-19)29(34(31,32)22-12-8-20(26)9-13-22)16-24(30)28-14-3-15-33-17-18-4-1-2-5-23(18)27/h1-2,4-13H,3,14-17H2,(H,28,30). The van der Waals surface area contributed by atoms with Gasteiger partial charge in [0, 0.05) is 12.3 Å². The molecule has 1 amide bonds. The van der Waals surface area contributed by atoms with Gasteiger partial charge < -0.3 is 5.32 Å². The van der Waals surface area contributed by atoms with Crippen LogP contribution in [0.2, 0.25) is 0 Å². The first-order valence-electron chi connectivity index (χ1n) is 10.4. The van der Waals surface area contributed by atoms with Gasteiger partial charge in [-0.05, 0) is 72.3 Å². The van der Waals surface area contributed by atoms with Crippen LogP contribution in [-0.2, 0) is 20.6 Å². The second kappa shape index (κ2) is 11.9. The Morgan fingerprint density at radius 2 is 1.50 bits per heavy atom. The average Bonchev–Trinajstić information content (AvgIpc) is 2.82. The number of sulfonamides is 1. The summed E-state index contributed by atoms with van der Waals surface area (Å²) >= 11 is 1.52. The van der Waals surface area contributed by atoms with Crippen LogP contribution in [0.4, 0.5) is 18.9 Å². The summed E-state index contributed by atoms with van der Waals surface area (Å²) in [6, 6.07) is 15.4. The molecule has 1 N–H and O–H groups in total. The number of hydrogen-bond donors (Lipinski definition) is 1. The SMILES string of the molecule is O=C(CN(c1ccc(F)cc1)S(=O)(=O)c1ccc(F)cc1)NCCCSCc1ccccc1F. The third kappa shape index (κ3) is 7.01. The molecule has 0 saturated heterocycles. The van der Waals surface area contributed by atoms with Crippen LogP contribution >= 0.6 is 11.8 Å². The number of benzene rings is 3. The lowest BCUT2D eigenvalue weighted by Crippen LogP contribution is -2.41. The highest BCUT2D eigenvalue weighted by molar-refractivity contribution is 7.98. The summed E-state index contributed by atoms with van der Waals surface area (Å²) in [5, 5.41) is 2.67. The predicted octanol–water partition coefficient (Wildman–Crippen LogP) is 4.74. The van der Waals surface area contributed by atoms with E-state index in [1.54, 1.807) is 18.2 Å². The highest BCUT2D eigenvalue weighted by Crippen LogP contribution is 2.24. The van der Waals surface area contributed by atoms with Crippen LogP contribution in [0.3, 0.4) is 0 Å². The Hall–Kier alpha value is -2.98. The maximum atomic E-state index is 13.6. The van der Waals surface area contributed by atoms with E-state index in [0.717, 1.165) is 40.7 Å². The van der Waals surface area contributed by atoms with Crippen molar-refractivity contribution < 1.29 is 26.4 Å². The van der Waals surface area contributed by atoms with Crippen LogP contribution in [0, 0.1) is 17.5 Å². The van der Waals surface area contributed by atoms with E-state index in [9.17, 15) is 26.4 Å². The summed E-state index contributed by atoms with van der Waals surface area (Å²) in [6.45, 7) is -0.231. The summed E-state index contributed by atoms with van der Waals surface area (Å²) in [5.74, 6) is -0.780. The van der Waals surface area contributed by atoms with Crippen molar-refractivity contribution in [3.05, 3.63) is 95.8 Å². The monoisotopic (exact) mass is 508 g/mol. The number of anilines is 1. The molecule has 3 rings (SSSR count). The van der Waals surface area contributed by atoms with E-state index >= 15 is 0 Å². The zero-order valence-corrected chi connectivity index (χ0v) is 19.7. The van der Waals surface area contributed by atoms with E-state index in [-0.39, 0.29) is 16.4 Å². The molecule has 0 bridgehead atoms. The lowest BCUT2D eigenvalue weighted by Gasteiger charge is -2.24. The number of carbonyl (C=O) groups excluding carboxylic acids is 1. The van der Waals surface area contributed by atoms with Gasteiger partial charge in [0.15, 0.2) is 0 Å². The quantitative estimate of drug-likeness (QED) is 0.380. The average molecular weight is 509 g/mol. The molecule has 3 aromatic rings. The number of nitrogens with zero attached hydrogens (tertiary/aromatic N) is 1. The molecule has 0 aliphatic carbocycles. The molecule has 0 aliphatic rings. The Bertz CT molecular complexity index is 1200. The summed E-state index contributed by atoms with van der Waals surface area (Å²) < 4.78 is 67.4. The number of rotatable bonds is 11. The molecular weight excluding hydrogens is 485 g/mol. The lowest BCUT2D eigenvalue weighted by molar-refractivity contribution is -0.119. The number of nitrogens with one attached hydrogen (secondary N) is 1. The molecule has 34 heavy (non-hydrogen) atoms. The molecule has 10 heteroatoms. The highest BCUT2D eigenvalue weighted by Gasteiger charge is 2.27. The number of carbonyl (C=O) groups is 1. The van der Waals surface area contributed by atoms with Crippen LogP contribution in [0.15, 0.2) is 77.7 Å². The van der Waals surface area contributed by atoms with E-state index in [1.165, 1.54) is 30.0 Å². The molecule has 0 fully saturated rings. The van der Waals surface area contributed by atoms with Crippen molar-refractivity contribution in [2.75, 3.05) is 23.1 Å². The van der Waals surface area contributed by atoms with Gasteiger partial charge in [-0.2, -0.15) is 11.8 Å². The molecule has 5 nitrogen and oxygen atoms in total. The van der Waals surface area contributed by atoms with Crippen molar-refractivity contribution in [1.29, 1.82) is 0 Å². The van der Waals surface area contributed by atoms with Gasteiger partial charge >= 0.3 is 0 Å². The minimum atomic E-state index is -4.21. The molecule has 0 radical (unpaired) electrons. The second-order valence-corrected chi connectivity index (χ2v) is 10.3. The Balaban J connectivity index is 1.59. The van der Waals surface area contributed by atoms with Gasteiger partial charge in [-0.1, -0.05) is 18.2 Å². The van der Waals surface area contributed by atoms with Crippen molar-refractivity contribution in [2.24, 2.45) is 0 Å². The van der Waals surface area contributed by atoms with Crippen molar-refractivity contribution in [3.63, 3.8) is 0 Å². The van der Waals surface area contributed by atoms with E-state index in [0.29, 0.717) is 30.0 Å². The van der Waals surface area contributed by atoms with Crippen molar-refractivity contribution in [1.82, 2.24) is 5.32 Å². The van der Waals surface area contributed by atoms with Gasteiger partial charge in [-0.3, -0.25) is 9.10 Å². The van der Waals surface area contributed by atoms with Gasteiger partial charge in [0.25, 0.3) is 10.0 Å². The van der Waals surface area contributed by atoms with E-state index < -0.39 is 34.1 Å². The Morgan fingerprint density at radius 1 is 0.882 bits per heavy atom. The molecular formula is C24H23F3N2O3S2. The minimum absolute atomic E-state index is 0.0984. The normalized spacial score (nSPS) is 11.3. The van der Waals surface area contributed by atoms with Crippen LogP contribution in [0.1, 0.15) is 12.0 Å². The molecule has 3 aromatic carbocycles. The smallest absolute Gasteiger partial charge is 0.264 e. The van der Waals surface area contributed by atoms with E-state index in [1.807, 2.05) is 0 Å². The molecule has 0 atom stereocenters. The van der Waals surface area contributed by atoms with Gasteiger partial charge in [0.1, 0.15) is 24.0 Å². The topological polar surface area (TPSA) is 66.5 Å². The second-order valence-electron chi connectivity index (χ2n) is 7.29. The third-order valence-corrected chi connectivity index (χ3v) is 7.69. The first-order valence-corrected chi connectivity index (χ1v) is 13.0. The first-order chi connectivity index (χ1) is 16.3. The molecule has 0 saturated carbocycles. The maximum Gasteiger partial charge on any atom is 0.264 e. The van der Waals surface area contributed by atoms with Crippen molar-refractivity contribution in [2.45, 2.75) is 17.1 Å². The predicted molar refractivity (Wildman–Crippen MR) is 128 cm³/mol. The summed E-state index contributed by atoms with van der Waals surface area (Å²) in [6.07, 6.45) is 0.603. The fourth-order valence-corrected chi connectivity index (χ4v) is 5.41. The molecule has 0 heterocycles. The lowest BCUT2D eigenvalue weighted by atomic mass is 10.2. The van der Waals surface area contributed by atoms with Gasteiger partial charge in [0.2, 0.25) is 5.91 Å². The first kappa shape index (κ1) is 25.6. The van der Waals surface area contributed by atoms with Gasteiger partial charge in [-0.25, -0.2) is 21.6 Å². The zero-order valence-electron chi connectivity index (χ0n) is 18.1. The fourth-order valence-electron chi connectivity index (χ4n) is 3.04. The maximum absolute atomic E-state index is 13.6. The molecule has 180 valence electrons. The molecule has 0 unspecified atom stereocenters. The summed E-state index contributed by atoms with van der Waals surface area (Å²) in [4.78, 5) is 12.3. The Kier molecular flexibility index (Phi) is 9.00. The van der Waals surface area contributed by atoms with Crippen LogP contribution < -0.4 is 9.62 Å². The largest absolute Gasteiger partial charge is 0.354 e. The fraction of sp³-hybridized carbons (Fsp3) is 0.208. The zero-order chi connectivity index (χ0) is 24.6. The number of thioether (sulfide) groups is 1. The van der Waals surface area contributed by atoms with Crippen LogP contribution in [-0.4, -0.2) is 33.2 Å². The molecule has 0 aromatic heterocycles. The van der Waals surface area contributed by atoms with E-state index in [4.69, 9.17) is 0 Å². The number of amides is 1. The highest BCUT2D eigenvalue weighted by atomic mass is 32.2. The van der Waals surface area contributed by atoms with Crippen LogP contribution in [0.25, 0.3) is 0 Å². The van der Waals surface area contributed by atoms with Gasteiger partial charge in [0.05, 0.1) is 10.6 Å². The Morgan fingerprint density at radius 3 is 2.15 bits per heavy atom. The van der Waals surface area contributed by atoms with Crippen molar-refractivity contribution >= 4 is 33.4 Å². The Labute approximate surface area is 201 Å². The molecule has 0 aliphatic heterocycles. The van der Waals surface area contributed by atoms with Gasteiger partial charge in [-0.15, -0.1) is 0 Å². The summed E-state index contributed by atoms with van der Waals surface area (Å²) in [5.41, 5.74) is 0.707. The summed E-state index contributed by atoms with van der Waals surface area (Å²) in [7, 11) is -4.21. The van der Waals surface area contributed by atoms with Crippen LogP contribution in [0.5, 0.6) is 0 Å². The number of halogens is 3. The molecule has 0 spiro atoms. The third-order valence-electron chi connectivity index (χ3n) is 4.81. The van der Waals surface area contributed by atoms with Crippen molar-refractivity contribution in [3.8, 4) is 0 Å².